The van der Waals surface area contributed by atoms with Crippen LogP contribution in [0.2, 0.25) is 0 Å². The van der Waals surface area contributed by atoms with E-state index in [4.69, 9.17) is 14.2 Å². The quantitative estimate of drug-likeness (QED) is 0.0261. The van der Waals surface area contributed by atoms with Gasteiger partial charge in [-0.25, -0.2) is 0 Å². The zero-order valence-corrected chi connectivity index (χ0v) is 46.8. The summed E-state index contributed by atoms with van der Waals surface area (Å²) < 4.78 is 16.8. The number of rotatable bonds is 56. The van der Waals surface area contributed by atoms with Gasteiger partial charge in [0.2, 0.25) is 0 Å². The molecular weight excluding hydrogens is 865 g/mol. The van der Waals surface area contributed by atoms with Gasteiger partial charge in [0.15, 0.2) is 6.10 Å². The average molecular weight is 982 g/mol. The second kappa shape index (κ2) is 58.9. The van der Waals surface area contributed by atoms with Crippen LogP contribution in [-0.4, -0.2) is 37.2 Å². The van der Waals surface area contributed by atoms with Crippen molar-refractivity contribution < 1.29 is 28.6 Å². The average Bonchev–Trinajstić information content (AvgIpc) is 3.36. The lowest BCUT2D eigenvalue weighted by molar-refractivity contribution is -0.167. The van der Waals surface area contributed by atoms with E-state index >= 15 is 0 Å². The predicted molar refractivity (Wildman–Crippen MR) is 302 cm³/mol. The minimum atomic E-state index is -0.763. The van der Waals surface area contributed by atoms with E-state index in [0.29, 0.717) is 19.3 Å². The summed E-state index contributed by atoms with van der Waals surface area (Å²) in [6.45, 7) is 6.52. The Labute approximate surface area is 435 Å². The van der Waals surface area contributed by atoms with Gasteiger partial charge in [-0.1, -0.05) is 294 Å². The van der Waals surface area contributed by atoms with Crippen molar-refractivity contribution in [3.8, 4) is 0 Å². The van der Waals surface area contributed by atoms with Crippen molar-refractivity contribution in [1.82, 2.24) is 0 Å². The molecule has 0 aromatic carbocycles. The number of unbranched alkanes of at least 4 members (excludes halogenated alkanes) is 37. The van der Waals surface area contributed by atoms with Crippen LogP contribution in [0.5, 0.6) is 0 Å². The lowest BCUT2D eigenvalue weighted by Gasteiger charge is -2.18. The zero-order chi connectivity index (χ0) is 50.7. The fourth-order valence-corrected chi connectivity index (χ4v) is 9.02. The molecule has 0 amide bonds. The molecule has 0 aromatic rings. The maximum Gasteiger partial charge on any atom is 0.306 e. The van der Waals surface area contributed by atoms with Gasteiger partial charge in [0.1, 0.15) is 13.2 Å². The van der Waals surface area contributed by atoms with Crippen molar-refractivity contribution in [2.45, 2.75) is 329 Å². The van der Waals surface area contributed by atoms with Crippen LogP contribution in [0.1, 0.15) is 323 Å². The summed E-state index contributed by atoms with van der Waals surface area (Å²) in [5, 5.41) is 0. The highest BCUT2D eigenvalue weighted by Gasteiger charge is 2.19. The summed E-state index contributed by atoms with van der Waals surface area (Å²) in [5.74, 6) is -0.854. The lowest BCUT2D eigenvalue weighted by Crippen LogP contribution is -2.30. The third kappa shape index (κ3) is 56.3. The molecule has 0 aliphatic rings. The van der Waals surface area contributed by atoms with Crippen molar-refractivity contribution in [3.05, 3.63) is 48.6 Å². The Hall–Kier alpha value is -2.63. The summed E-state index contributed by atoms with van der Waals surface area (Å²) in [4.78, 5) is 37.9. The van der Waals surface area contributed by atoms with Gasteiger partial charge in [-0.15, -0.1) is 0 Å². The maximum atomic E-state index is 12.8. The van der Waals surface area contributed by atoms with Gasteiger partial charge >= 0.3 is 17.9 Å². The van der Waals surface area contributed by atoms with E-state index in [9.17, 15) is 14.4 Å². The first kappa shape index (κ1) is 67.4. The van der Waals surface area contributed by atoms with Crippen LogP contribution >= 0.6 is 0 Å². The SMILES string of the molecule is CC/C=C\C/C=C\C/C=C\C/C=C\CCCCCCCCCCCCCCCCCCCCCCC(=O)OCC(COC(=O)CCCCCCCCCC)OC(=O)CCCCCCCCCCCCC. The minimum Gasteiger partial charge on any atom is -0.462 e. The molecule has 0 radical (unpaired) electrons. The van der Waals surface area contributed by atoms with E-state index in [0.717, 1.165) is 83.5 Å². The van der Waals surface area contributed by atoms with Crippen LogP contribution in [0.3, 0.4) is 0 Å². The van der Waals surface area contributed by atoms with E-state index in [1.54, 1.807) is 0 Å². The number of carbonyl (C=O) groups excluding carboxylic acids is 3. The van der Waals surface area contributed by atoms with Crippen molar-refractivity contribution in [1.29, 1.82) is 0 Å². The number of hydrogen-bond donors (Lipinski definition) is 0. The Bertz CT molecular complexity index is 1220. The molecule has 0 aromatic heterocycles. The normalized spacial score (nSPS) is 12.3. The zero-order valence-electron chi connectivity index (χ0n) is 46.8. The minimum absolute atomic E-state index is 0.0663. The van der Waals surface area contributed by atoms with Crippen molar-refractivity contribution in [2.24, 2.45) is 0 Å². The van der Waals surface area contributed by atoms with E-state index in [-0.39, 0.29) is 31.1 Å². The molecule has 70 heavy (non-hydrogen) atoms. The largest absolute Gasteiger partial charge is 0.462 e. The summed E-state index contributed by atoms with van der Waals surface area (Å²) in [6.07, 6.45) is 73.0. The highest BCUT2D eigenvalue weighted by Crippen LogP contribution is 2.17. The van der Waals surface area contributed by atoms with Crippen molar-refractivity contribution in [3.63, 3.8) is 0 Å². The molecule has 1 unspecified atom stereocenters. The Balaban J connectivity index is 3.93. The van der Waals surface area contributed by atoms with Crippen LogP contribution in [0.25, 0.3) is 0 Å². The van der Waals surface area contributed by atoms with Gasteiger partial charge in [0, 0.05) is 19.3 Å². The third-order valence-corrected chi connectivity index (χ3v) is 13.6. The molecule has 0 aliphatic heterocycles. The molecule has 0 saturated carbocycles. The highest BCUT2D eigenvalue weighted by atomic mass is 16.6. The van der Waals surface area contributed by atoms with E-state index in [2.05, 4.69) is 69.4 Å². The van der Waals surface area contributed by atoms with Crippen LogP contribution in [-0.2, 0) is 28.6 Å². The summed E-state index contributed by atoms with van der Waals surface area (Å²) >= 11 is 0. The number of carbonyl (C=O) groups is 3. The highest BCUT2D eigenvalue weighted by molar-refractivity contribution is 5.71. The van der Waals surface area contributed by atoms with Gasteiger partial charge in [-0.05, 0) is 57.8 Å². The summed E-state index contributed by atoms with van der Waals surface area (Å²) in [6, 6.07) is 0. The smallest absolute Gasteiger partial charge is 0.306 e. The fourth-order valence-electron chi connectivity index (χ4n) is 9.02. The van der Waals surface area contributed by atoms with Gasteiger partial charge < -0.3 is 14.2 Å². The standard InChI is InChI=1S/C64H116O6/c1-4-7-10-13-16-19-21-22-23-24-25-26-27-28-29-30-31-32-33-34-35-36-37-38-39-40-41-42-44-45-48-51-54-57-63(66)69-60-61(59-68-62(65)56-53-50-47-18-15-12-9-6-3)70-64(67)58-55-52-49-46-43-20-17-14-11-8-5-2/h7,10,16,19,22-23,25-26,61H,4-6,8-9,11-15,17-18,20-21,24,27-60H2,1-3H3/b10-7-,19-16-,23-22-,26-25-. The van der Waals surface area contributed by atoms with Crippen LogP contribution in [0, 0.1) is 0 Å². The molecule has 0 bridgehead atoms. The molecule has 408 valence electrons. The first-order chi connectivity index (χ1) is 34.5. The number of esters is 3. The number of hydrogen-bond acceptors (Lipinski definition) is 6. The van der Waals surface area contributed by atoms with Gasteiger partial charge in [0.05, 0.1) is 0 Å². The van der Waals surface area contributed by atoms with Crippen molar-refractivity contribution in [2.75, 3.05) is 13.2 Å². The maximum absolute atomic E-state index is 12.8. The summed E-state index contributed by atoms with van der Waals surface area (Å²) in [7, 11) is 0. The van der Waals surface area contributed by atoms with Crippen LogP contribution in [0.15, 0.2) is 48.6 Å². The monoisotopic (exact) mass is 981 g/mol. The molecule has 0 aliphatic carbocycles. The van der Waals surface area contributed by atoms with Gasteiger partial charge in [-0.2, -0.15) is 0 Å². The van der Waals surface area contributed by atoms with E-state index in [1.165, 1.54) is 199 Å². The van der Waals surface area contributed by atoms with Gasteiger partial charge in [0.25, 0.3) is 0 Å². The molecule has 0 saturated heterocycles. The topological polar surface area (TPSA) is 78.9 Å². The Kier molecular flexibility index (Phi) is 56.7. The molecule has 0 rings (SSSR count). The lowest BCUT2D eigenvalue weighted by atomic mass is 10.0. The van der Waals surface area contributed by atoms with Gasteiger partial charge in [-0.3, -0.25) is 14.4 Å². The predicted octanol–water partition coefficient (Wildman–Crippen LogP) is 20.6. The number of ether oxygens (including phenoxy) is 3. The first-order valence-corrected chi connectivity index (χ1v) is 30.6. The van der Waals surface area contributed by atoms with Crippen molar-refractivity contribution >= 4 is 17.9 Å². The second-order valence-corrected chi connectivity index (χ2v) is 20.6. The third-order valence-electron chi connectivity index (χ3n) is 13.6. The van der Waals surface area contributed by atoms with Crippen LogP contribution in [0.4, 0.5) is 0 Å². The molecule has 6 heteroatoms. The van der Waals surface area contributed by atoms with E-state index < -0.39 is 6.10 Å². The molecular formula is C64H116O6. The van der Waals surface area contributed by atoms with Crippen LogP contribution < -0.4 is 0 Å². The second-order valence-electron chi connectivity index (χ2n) is 20.6. The Morgan fingerprint density at radius 3 is 0.871 bits per heavy atom. The van der Waals surface area contributed by atoms with E-state index in [1.807, 2.05) is 0 Å². The molecule has 1 atom stereocenters. The Morgan fingerprint density at radius 1 is 0.300 bits per heavy atom. The molecule has 0 fully saturated rings. The first-order valence-electron chi connectivity index (χ1n) is 30.6. The Morgan fingerprint density at radius 2 is 0.557 bits per heavy atom. The molecule has 0 N–H and O–H groups in total. The summed E-state index contributed by atoms with van der Waals surface area (Å²) in [5.41, 5.74) is 0. The molecule has 0 spiro atoms. The number of allylic oxidation sites excluding steroid dienone is 8. The molecule has 0 heterocycles. The molecule has 6 nitrogen and oxygen atoms in total. The fraction of sp³-hybridized carbons (Fsp3) is 0.828.